The topological polar surface area (TPSA) is 25.2 Å². The predicted molar refractivity (Wildman–Crippen MR) is 72.4 cm³/mol. The number of rotatable bonds is 4. The first-order valence-corrected chi connectivity index (χ1v) is 6.75. The number of fused-ring (bicyclic) bond motifs is 1. The number of benzene rings is 1. The van der Waals surface area contributed by atoms with E-state index in [-0.39, 0.29) is 0 Å². The SMILES string of the molecule is CCC(NC1CCc2ccccc21)c1ccco1. The summed E-state index contributed by atoms with van der Waals surface area (Å²) < 4.78 is 5.52. The highest BCUT2D eigenvalue weighted by Gasteiger charge is 2.25. The first-order valence-electron chi connectivity index (χ1n) is 6.75. The molecule has 2 heteroatoms. The minimum absolute atomic E-state index is 0.316. The molecule has 0 aliphatic heterocycles. The molecule has 1 aromatic carbocycles. The summed E-state index contributed by atoms with van der Waals surface area (Å²) in [6.45, 7) is 2.20. The fourth-order valence-electron chi connectivity index (χ4n) is 2.86. The van der Waals surface area contributed by atoms with E-state index in [1.54, 1.807) is 6.26 Å². The van der Waals surface area contributed by atoms with Crippen LogP contribution >= 0.6 is 0 Å². The Hall–Kier alpha value is -1.54. The van der Waals surface area contributed by atoms with Gasteiger partial charge in [0.05, 0.1) is 12.3 Å². The molecule has 2 atom stereocenters. The van der Waals surface area contributed by atoms with Crippen LogP contribution in [0, 0.1) is 0 Å². The van der Waals surface area contributed by atoms with Crippen LogP contribution in [-0.2, 0) is 6.42 Å². The van der Waals surface area contributed by atoms with E-state index in [2.05, 4.69) is 42.6 Å². The van der Waals surface area contributed by atoms with Crippen molar-refractivity contribution in [2.45, 2.75) is 38.3 Å². The zero-order chi connectivity index (χ0) is 12.4. The summed E-state index contributed by atoms with van der Waals surface area (Å²) in [6.07, 6.45) is 5.17. The Morgan fingerprint density at radius 1 is 1.28 bits per heavy atom. The third kappa shape index (κ3) is 2.08. The summed E-state index contributed by atoms with van der Waals surface area (Å²) in [5.74, 6) is 1.04. The maximum atomic E-state index is 5.52. The normalized spacial score (nSPS) is 19.7. The summed E-state index contributed by atoms with van der Waals surface area (Å²) in [5, 5.41) is 3.73. The van der Waals surface area contributed by atoms with E-state index in [0.717, 1.165) is 12.2 Å². The van der Waals surface area contributed by atoms with Crippen LogP contribution in [0.1, 0.15) is 48.7 Å². The molecule has 0 fully saturated rings. The van der Waals surface area contributed by atoms with Gasteiger partial charge in [-0.3, -0.25) is 0 Å². The maximum absolute atomic E-state index is 5.52. The molecule has 1 heterocycles. The zero-order valence-corrected chi connectivity index (χ0v) is 10.7. The molecular weight excluding hydrogens is 222 g/mol. The van der Waals surface area contributed by atoms with Crippen LogP contribution in [0.15, 0.2) is 47.1 Å². The van der Waals surface area contributed by atoms with Crippen molar-refractivity contribution in [1.29, 1.82) is 0 Å². The van der Waals surface area contributed by atoms with E-state index in [0.29, 0.717) is 12.1 Å². The van der Waals surface area contributed by atoms with Gasteiger partial charge in [0.15, 0.2) is 0 Å². The molecule has 94 valence electrons. The van der Waals surface area contributed by atoms with Crippen molar-refractivity contribution in [3.63, 3.8) is 0 Å². The van der Waals surface area contributed by atoms with Crippen LogP contribution in [0.25, 0.3) is 0 Å². The van der Waals surface area contributed by atoms with Gasteiger partial charge in [-0.25, -0.2) is 0 Å². The van der Waals surface area contributed by atoms with Crippen molar-refractivity contribution >= 4 is 0 Å². The quantitative estimate of drug-likeness (QED) is 0.875. The van der Waals surface area contributed by atoms with Gasteiger partial charge >= 0.3 is 0 Å². The highest BCUT2D eigenvalue weighted by Crippen LogP contribution is 2.33. The second-order valence-corrected chi connectivity index (χ2v) is 4.93. The smallest absolute Gasteiger partial charge is 0.120 e. The van der Waals surface area contributed by atoms with Gasteiger partial charge in [-0.05, 0) is 42.5 Å². The number of hydrogen-bond acceptors (Lipinski definition) is 2. The molecule has 0 saturated heterocycles. The van der Waals surface area contributed by atoms with Crippen molar-refractivity contribution in [2.24, 2.45) is 0 Å². The fourth-order valence-corrected chi connectivity index (χ4v) is 2.86. The minimum Gasteiger partial charge on any atom is -0.468 e. The molecule has 1 N–H and O–H groups in total. The van der Waals surface area contributed by atoms with Crippen molar-refractivity contribution in [1.82, 2.24) is 5.32 Å². The van der Waals surface area contributed by atoms with Crippen LogP contribution < -0.4 is 5.32 Å². The van der Waals surface area contributed by atoms with Crippen molar-refractivity contribution in [3.8, 4) is 0 Å². The van der Waals surface area contributed by atoms with Gasteiger partial charge in [0.2, 0.25) is 0 Å². The van der Waals surface area contributed by atoms with Gasteiger partial charge in [0, 0.05) is 6.04 Å². The van der Waals surface area contributed by atoms with Crippen molar-refractivity contribution < 1.29 is 4.42 Å². The summed E-state index contributed by atoms with van der Waals surface area (Å²) >= 11 is 0. The van der Waals surface area contributed by atoms with Gasteiger partial charge in [0.1, 0.15) is 5.76 Å². The van der Waals surface area contributed by atoms with E-state index in [4.69, 9.17) is 4.42 Å². The van der Waals surface area contributed by atoms with E-state index in [9.17, 15) is 0 Å². The Balaban J connectivity index is 1.77. The lowest BCUT2D eigenvalue weighted by Crippen LogP contribution is -2.24. The number of hydrogen-bond donors (Lipinski definition) is 1. The highest BCUT2D eigenvalue weighted by molar-refractivity contribution is 5.34. The van der Waals surface area contributed by atoms with Crippen LogP contribution in [0.5, 0.6) is 0 Å². The van der Waals surface area contributed by atoms with E-state index in [1.165, 1.54) is 24.0 Å². The summed E-state index contributed by atoms with van der Waals surface area (Å²) in [4.78, 5) is 0. The van der Waals surface area contributed by atoms with Crippen LogP contribution in [0.4, 0.5) is 0 Å². The average Bonchev–Trinajstić information content (AvgIpc) is 3.06. The Bertz CT molecular complexity index is 504. The largest absolute Gasteiger partial charge is 0.468 e. The molecule has 3 rings (SSSR count). The molecule has 1 aromatic heterocycles. The molecule has 1 aliphatic carbocycles. The Morgan fingerprint density at radius 3 is 2.94 bits per heavy atom. The molecular formula is C16H19NO. The molecule has 0 saturated carbocycles. The second kappa shape index (κ2) is 4.99. The van der Waals surface area contributed by atoms with Crippen LogP contribution in [0.2, 0.25) is 0 Å². The monoisotopic (exact) mass is 241 g/mol. The Labute approximate surface area is 108 Å². The molecule has 0 spiro atoms. The summed E-state index contributed by atoms with van der Waals surface area (Å²) in [7, 11) is 0. The van der Waals surface area contributed by atoms with Crippen molar-refractivity contribution in [2.75, 3.05) is 0 Å². The van der Waals surface area contributed by atoms with Gasteiger partial charge in [-0.15, -0.1) is 0 Å². The van der Waals surface area contributed by atoms with Gasteiger partial charge in [-0.2, -0.15) is 0 Å². The lowest BCUT2D eigenvalue weighted by Gasteiger charge is -2.21. The van der Waals surface area contributed by atoms with Crippen LogP contribution in [0.3, 0.4) is 0 Å². The first-order chi connectivity index (χ1) is 8.88. The van der Waals surface area contributed by atoms with Gasteiger partial charge in [-0.1, -0.05) is 31.2 Å². The number of furan rings is 1. The second-order valence-electron chi connectivity index (χ2n) is 4.93. The molecule has 18 heavy (non-hydrogen) atoms. The average molecular weight is 241 g/mol. The molecule has 0 bridgehead atoms. The third-order valence-electron chi connectivity index (χ3n) is 3.83. The lowest BCUT2D eigenvalue weighted by atomic mass is 10.1. The summed E-state index contributed by atoms with van der Waals surface area (Å²) in [6, 6.07) is 13.6. The molecule has 2 unspecified atom stereocenters. The van der Waals surface area contributed by atoms with Gasteiger partial charge < -0.3 is 9.73 Å². The first kappa shape index (κ1) is 11.5. The lowest BCUT2D eigenvalue weighted by molar-refractivity contribution is 0.365. The molecule has 2 nitrogen and oxygen atoms in total. The zero-order valence-electron chi connectivity index (χ0n) is 10.7. The highest BCUT2D eigenvalue weighted by atomic mass is 16.3. The van der Waals surface area contributed by atoms with E-state index >= 15 is 0 Å². The molecule has 0 radical (unpaired) electrons. The molecule has 1 aliphatic rings. The third-order valence-corrected chi connectivity index (χ3v) is 3.83. The molecule has 2 aromatic rings. The summed E-state index contributed by atoms with van der Waals surface area (Å²) in [5.41, 5.74) is 2.95. The number of aryl methyl sites for hydroxylation is 1. The predicted octanol–water partition coefficient (Wildman–Crippen LogP) is 4.01. The minimum atomic E-state index is 0.316. The number of nitrogens with one attached hydrogen (secondary N) is 1. The Morgan fingerprint density at radius 2 is 2.17 bits per heavy atom. The van der Waals surface area contributed by atoms with Gasteiger partial charge in [0.25, 0.3) is 0 Å². The van der Waals surface area contributed by atoms with Crippen molar-refractivity contribution in [3.05, 3.63) is 59.5 Å². The van der Waals surface area contributed by atoms with E-state index in [1.807, 2.05) is 6.07 Å². The fraction of sp³-hybridized carbons (Fsp3) is 0.375. The standard InChI is InChI=1S/C16H19NO/c1-2-14(16-8-5-11-18-16)17-15-10-9-12-6-3-4-7-13(12)15/h3-8,11,14-15,17H,2,9-10H2,1H3. The van der Waals surface area contributed by atoms with E-state index < -0.39 is 0 Å². The Kier molecular flexibility index (Phi) is 3.20. The van der Waals surface area contributed by atoms with Crippen LogP contribution in [-0.4, -0.2) is 0 Å². The molecule has 0 amide bonds. The maximum Gasteiger partial charge on any atom is 0.120 e.